The lowest BCUT2D eigenvalue weighted by atomic mass is 10.2. The molecule has 6 nitrogen and oxygen atoms in total. The maximum Gasteiger partial charge on any atom is 0.208 e. The van der Waals surface area contributed by atoms with Crippen molar-refractivity contribution in [3.05, 3.63) is 60.8 Å². The Bertz CT molecular complexity index is 1040. The van der Waals surface area contributed by atoms with Gasteiger partial charge in [0.1, 0.15) is 0 Å². The topological polar surface area (TPSA) is 90.7 Å². The second kappa shape index (κ2) is 6.35. The molecule has 0 spiro atoms. The zero-order valence-electron chi connectivity index (χ0n) is 13.9. The van der Waals surface area contributed by atoms with Crippen LogP contribution in [0.25, 0.3) is 10.9 Å². The Hall–Kier alpha value is -2.48. The number of fused-ring (bicyclic) bond motifs is 1. The summed E-state index contributed by atoms with van der Waals surface area (Å²) < 4.78 is 25.6. The number of aromatic nitrogens is 1. The third kappa shape index (κ3) is 2.84. The third-order valence-corrected chi connectivity index (χ3v) is 6.36. The number of pyridine rings is 1. The lowest BCUT2D eigenvalue weighted by molar-refractivity contribution is 0.0572. The SMILES string of the molecule is O=S(=O)(c1ccccc1)c1cnc2c(N3C[C@@H](O)[C@H](O)C3)cccc2c1. The molecule has 26 heavy (non-hydrogen) atoms. The fourth-order valence-electron chi connectivity index (χ4n) is 3.23. The van der Waals surface area contributed by atoms with Gasteiger partial charge in [-0.3, -0.25) is 4.98 Å². The van der Waals surface area contributed by atoms with E-state index in [0.717, 1.165) is 5.69 Å². The molecule has 1 aromatic heterocycles. The Labute approximate surface area is 151 Å². The molecule has 1 aliphatic rings. The number of hydrogen-bond donors (Lipinski definition) is 2. The van der Waals surface area contributed by atoms with Gasteiger partial charge < -0.3 is 15.1 Å². The van der Waals surface area contributed by atoms with Gasteiger partial charge >= 0.3 is 0 Å². The Balaban J connectivity index is 1.78. The van der Waals surface area contributed by atoms with E-state index in [-0.39, 0.29) is 9.79 Å². The summed E-state index contributed by atoms with van der Waals surface area (Å²) in [5, 5.41) is 20.3. The van der Waals surface area contributed by atoms with Gasteiger partial charge in [0.2, 0.25) is 9.84 Å². The summed E-state index contributed by atoms with van der Waals surface area (Å²) in [7, 11) is -3.64. The maximum absolute atomic E-state index is 12.8. The van der Waals surface area contributed by atoms with E-state index >= 15 is 0 Å². The van der Waals surface area contributed by atoms with Crippen LogP contribution in [0.5, 0.6) is 0 Å². The minimum Gasteiger partial charge on any atom is -0.389 e. The number of para-hydroxylation sites is 1. The summed E-state index contributed by atoms with van der Waals surface area (Å²) in [6.45, 7) is 0.623. The van der Waals surface area contributed by atoms with Crippen LogP contribution in [-0.4, -0.2) is 48.9 Å². The van der Waals surface area contributed by atoms with Crippen molar-refractivity contribution in [2.75, 3.05) is 18.0 Å². The highest BCUT2D eigenvalue weighted by Crippen LogP contribution is 2.30. The number of β-amino-alcohol motifs (C(OH)–C–C–N with tert-alkyl or cyclic N) is 2. The Morgan fingerprint density at radius 2 is 1.62 bits per heavy atom. The molecule has 0 aliphatic carbocycles. The lowest BCUT2D eigenvalue weighted by Crippen LogP contribution is -2.22. The van der Waals surface area contributed by atoms with Crippen molar-refractivity contribution in [3.8, 4) is 0 Å². The van der Waals surface area contributed by atoms with Gasteiger partial charge in [-0.2, -0.15) is 0 Å². The summed E-state index contributed by atoms with van der Waals surface area (Å²) in [6, 6.07) is 15.3. The molecule has 134 valence electrons. The maximum atomic E-state index is 12.8. The highest BCUT2D eigenvalue weighted by molar-refractivity contribution is 7.91. The average molecular weight is 370 g/mol. The van der Waals surface area contributed by atoms with Gasteiger partial charge in [0.05, 0.1) is 33.2 Å². The molecular formula is C19H18N2O4S. The van der Waals surface area contributed by atoms with Crippen LogP contribution in [0.4, 0.5) is 5.69 Å². The molecule has 0 saturated carbocycles. The van der Waals surface area contributed by atoms with E-state index in [9.17, 15) is 18.6 Å². The quantitative estimate of drug-likeness (QED) is 0.728. The third-order valence-electron chi connectivity index (χ3n) is 4.63. The minimum absolute atomic E-state index is 0.134. The first-order valence-corrected chi connectivity index (χ1v) is 9.75. The molecule has 0 unspecified atom stereocenters. The van der Waals surface area contributed by atoms with Crippen molar-refractivity contribution in [3.63, 3.8) is 0 Å². The summed E-state index contributed by atoms with van der Waals surface area (Å²) in [4.78, 5) is 6.60. The standard InChI is InChI=1S/C19H18N2O4S/c22-17-11-21(12-18(17)23)16-8-4-5-13-9-15(10-20-19(13)16)26(24,25)14-6-2-1-3-7-14/h1-10,17-18,22-23H,11-12H2/t17-,18-/m1/s1. The highest BCUT2D eigenvalue weighted by Gasteiger charge is 2.30. The first-order valence-electron chi connectivity index (χ1n) is 8.27. The second-order valence-electron chi connectivity index (χ2n) is 6.38. The molecular weight excluding hydrogens is 352 g/mol. The van der Waals surface area contributed by atoms with E-state index in [2.05, 4.69) is 4.98 Å². The number of nitrogens with zero attached hydrogens (tertiary/aromatic N) is 2. The molecule has 0 radical (unpaired) electrons. The molecule has 2 N–H and O–H groups in total. The molecule has 1 saturated heterocycles. The van der Waals surface area contributed by atoms with Gasteiger partial charge in [0, 0.05) is 24.7 Å². The van der Waals surface area contributed by atoms with Crippen LogP contribution in [0.2, 0.25) is 0 Å². The van der Waals surface area contributed by atoms with Crippen LogP contribution >= 0.6 is 0 Å². The highest BCUT2D eigenvalue weighted by atomic mass is 32.2. The Morgan fingerprint density at radius 3 is 2.31 bits per heavy atom. The molecule has 4 rings (SSSR count). The average Bonchev–Trinajstić information content (AvgIpc) is 3.00. The van der Waals surface area contributed by atoms with Crippen molar-refractivity contribution < 1.29 is 18.6 Å². The molecule has 1 aliphatic heterocycles. The van der Waals surface area contributed by atoms with Crippen LogP contribution in [0.3, 0.4) is 0 Å². The number of rotatable bonds is 3. The van der Waals surface area contributed by atoms with Crippen LogP contribution < -0.4 is 4.90 Å². The summed E-state index contributed by atoms with van der Waals surface area (Å²) in [5.41, 5.74) is 1.41. The van der Waals surface area contributed by atoms with E-state index in [0.29, 0.717) is 24.0 Å². The predicted molar refractivity (Wildman–Crippen MR) is 97.9 cm³/mol. The fraction of sp³-hybridized carbons (Fsp3) is 0.211. The number of hydrogen-bond acceptors (Lipinski definition) is 6. The van der Waals surface area contributed by atoms with Crippen molar-refractivity contribution >= 4 is 26.4 Å². The van der Waals surface area contributed by atoms with Gasteiger partial charge in [-0.1, -0.05) is 30.3 Å². The molecule has 1 fully saturated rings. The van der Waals surface area contributed by atoms with Crippen LogP contribution in [0.1, 0.15) is 0 Å². The first kappa shape index (κ1) is 17.0. The van der Waals surface area contributed by atoms with E-state index in [1.165, 1.54) is 6.20 Å². The molecule has 7 heteroatoms. The van der Waals surface area contributed by atoms with Crippen molar-refractivity contribution in [1.82, 2.24) is 4.98 Å². The Kier molecular flexibility index (Phi) is 4.14. The monoisotopic (exact) mass is 370 g/mol. The number of benzene rings is 2. The van der Waals surface area contributed by atoms with Gasteiger partial charge in [-0.05, 0) is 24.3 Å². The van der Waals surface area contributed by atoms with Gasteiger partial charge in [0.15, 0.2) is 0 Å². The van der Waals surface area contributed by atoms with E-state index in [4.69, 9.17) is 0 Å². The summed E-state index contributed by atoms with van der Waals surface area (Å²) in [6.07, 6.45) is -0.247. The largest absolute Gasteiger partial charge is 0.389 e. The normalized spacial score (nSPS) is 20.6. The van der Waals surface area contributed by atoms with Crippen LogP contribution in [0.15, 0.2) is 70.6 Å². The fourth-order valence-corrected chi connectivity index (χ4v) is 4.49. The number of aliphatic hydroxyl groups is 2. The number of sulfone groups is 1. The summed E-state index contributed by atoms with van der Waals surface area (Å²) >= 11 is 0. The van der Waals surface area contributed by atoms with Gasteiger partial charge in [-0.25, -0.2) is 8.42 Å². The van der Waals surface area contributed by atoms with Crippen LogP contribution in [0, 0.1) is 0 Å². The zero-order chi connectivity index (χ0) is 18.3. The smallest absolute Gasteiger partial charge is 0.208 e. The molecule has 3 aromatic rings. The first-order chi connectivity index (χ1) is 12.5. The predicted octanol–water partition coefficient (Wildman–Crippen LogP) is 1.61. The Morgan fingerprint density at radius 1 is 0.923 bits per heavy atom. The molecule has 0 amide bonds. The second-order valence-corrected chi connectivity index (χ2v) is 8.33. The number of anilines is 1. The molecule has 2 heterocycles. The van der Waals surface area contributed by atoms with Gasteiger partial charge in [0.25, 0.3) is 0 Å². The molecule has 2 aromatic carbocycles. The summed E-state index contributed by atoms with van der Waals surface area (Å²) in [5.74, 6) is 0. The number of aliphatic hydroxyl groups excluding tert-OH is 2. The minimum atomic E-state index is -3.64. The molecule has 0 bridgehead atoms. The van der Waals surface area contributed by atoms with Crippen molar-refractivity contribution in [1.29, 1.82) is 0 Å². The molecule has 2 atom stereocenters. The zero-order valence-corrected chi connectivity index (χ0v) is 14.7. The van der Waals surface area contributed by atoms with Gasteiger partial charge in [-0.15, -0.1) is 0 Å². The van der Waals surface area contributed by atoms with E-state index in [1.54, 1.807) is 42.5 Å². The van der Waals surface area contributed by atoms with Crippen molar-refractivity contribution in [2.24, 2.45) is 0 Å². The van der Waals surface area contributed by atoms with E-state index in [1.807, 2.05) is 17.0 Å². The van der Waals surface area contributed by atoms with E-state index < -0.39 is 22.0 Å². The van der Waals surface area contributed by atoms with Crippen LogP contribution in [-0.2, 0) is 9.84 Å². The van der Waals surface area contributed by atoms with Crippen molar-refractivity contribution in [2.45, 2.75) is 22.0 Å². The lowest BCUT2D eigenvalue weighted by Gasteiger charge is -2.19.